The van der Waals surface area contributed by atoms with Gasteiger partial charge in [0.2, 0.25) is 0 Å². The van der Waals surface area contributed by atoms with Crippen molar-refractivity contribution in [2.75, 3.05) is 5.73 Å². The lowest BCUT2D eigenvalue weighted by molar-refractivity contribution is 0.608. The van der Waals surface area contributed by atoms with E-state index < -0.39 is 5.82 Å². The van der Waals surface area contributed by atoms with Crippen LogP contribution in [0.2, 0.25) is 5.02 Å². The van der Waals surface area contributed by atoms with E-state index >= 15 is 0 Å². The van der Waals surface area contributed by atoms with Crippen LogP contribution in [0.15, 0.2) is 42.5 Å². The number of aromatic nitrogens is 4. The van der Waals surface area contributed by atoms with E-state index in [9.17, 15) is 4.39 Å². The average molecular weight is 290 g/mol. The highest BCUT2D eigenvalue weighted by molar-refractivity contribution is 6.31. The lowest BCUT2D eigenvalue weighted by atomic mass is 10.1. The number of hydrogen-bond donors (Lipinski definition) is 1. The number of anilines is 1. The average Bonchev–Trinajstić information content (AvgIpc) is 2.91. The summed E-state index contributed by atoms with van der Waals surface area (Å²) < 4.78 is 15.1. The maximum absolute atomic E-state index is 13.9. The highest BCUT2D eigenvalue weighted by atomic mass is 35.5. The summed E-state index contributed by atoms with van der Waals surface area (Å²) >= 11 is 5.96. The molecule has 0 atom stereocenters. The summed E-state index contributed by atoms with van der Waals surface area (Å²) in [5, 5.41) is 11.8. The topological polar surface area (TPSA) is 69.6 Å². The largest absolute Gasteiger partial charge is 0.398 e. The second-order valence-corrected chi connectivity index (χ2v) is 4.53. The zero-order chi connectivity index (χ0) is 14.1. The van der Waals surface area contributed by atoms with Gasteiger partial charge in [0.05, 0.1) is 0 Å². The number of hydrogen-bond acceptors (Lipinski definition) is 4. The van der Waals surface area contributed by atoms with E-state index in [2.05, 4.69) is 15.5 Å². The quantitative estimate of drug-likeness (QED) is 0.736. The monoisotopic (exact) mass is 289 g/mol. The molecule has 3 rings (SSSR count). The first-order valence-corrected chi connectivity index (χ1v) is 6.13. The number of para-hydroxylation sites is 1. The first-order valence-electron chi connectivity index (χ1n) is 5.75. The van der Waals surface area contributed by atoms with Crippen LogP contribution >= 0.6 is 11.6 Å². The highest BCUT2D eigenvalue weighted by Crippen LogP contribution is 2.28. The lowest BCUT2D eigenvalue weighted by Gasteiger charge is -2.08. The molecule has 0 spiro atoms. The van der Waals surface area contributed by atoms with Gasteiger partial charge in [0.25, 0.3) is 0 Å². The molecule has 0 unspecified atom stereocenters. The Morgan fingerprint density at radius 3 is 2.75 bits per heavy atom. The molecule has 2 aromatic carbocycles. The molecule has 5 nitrogen and oxygen atoms in total. The summed E-state index contributed by atoms with van der Waals surface area (Å²) in [7, 11) is 0. The van der Waals surface area contributed by atoms with Crippen LogP contribution in [0.3, 0.4) is 0 Å². The minimum atomic E-state index is -0.429. The number of nitrogens with two attached hydrogens (primary N) is 1. The molecule has 0 saturated heterocycles. The lowest BCUT2D eigenvalue weighted by Crippen LogP contribution is -2.03. The van der Waals surface area contributed by atoms with Crippen molar-refractivity contribution < 1.29 is 4.39 Å². The van der Waals surface area contributed by atoms with Gasteiger partial charge >= 0.3 is 0 Å². The molecule has 0 fully saturated rings. The smallest absolute Gasteiger partial charge is 0.189 e. The van der Waals surface area contributed by atoms with Crippen LogP contribution in [-0.4, -0.2) is 20.2 Å². The first kappa shape index (κ1) is 12.6. The van der Waals surface area contributed by atoms with Crippen LogP contribution in [-0.2, 0) is 0 Å². The molecule has 0 aliphatic heterocycles. The van der Waals surface area contributed by atoms with Crippen LogP contribution < -0.4 is 5.73 Å². The van der Waals surface area contributed by atoms with E-state index in [1.807, 2.05) is 0 Å². The van der Waals surface area contributed by atoms with Gasteiger partial charge in [-0.3, -0.25) is 0 Å². The summed E-state index contributed by atoms with van der Waals surface area (Å²) in [6, 6.07) is 11.2. The number of nitrogen functional groups attached to an aromatic ring is 1. The zero-order valence-electron chi connectivity index (χ0n) is 10.2. The fourth-order valence-electron chi connectivity index (χ4n) is 1.86. The molecular formula is C13H9ClFN5. The number of rotatable bonds is 2. The van der Waals surface area contributed by atoms with E-state index in [0.717, 1.165) is 0 Å². The van der Waals surface area contributed by atoms with E-state index in [1.54, 1.807) is 36.4 Å². The van der Waals surface area contributed by atoms with Gasteiger partial charge in [-0.05, 0) is 40.8 Å². The Kier molecular flexibility index (Phi) is 3.08. The molecule has 0 saturated carbocycles. The summed E-state index contributed by atoms with van der Waals surface area (Å²) in [4.78, 5) is 0. The predicted octanol–water partition coefficient (Wildman–Crippen LogP) is 2.70. The van der Waals surface area contributed by atoms with Crippen LogP contribution in [0.5, 0.6) is 0 Å². The summed E-state index contributed by atoms with van der Waals surface area (Å²) in [5.74, 6) is -0.100. The molecule has 2 N–H and O–H groups in total. The van der Waals surface area contributed by atoms with E-state index in [1.165, 1.54) is 10.7 Å². The van der Waals surface area contributed by atoms with Crippen molar-refractivity contribution in [3.63, 3.8) is 0 Å². The Bertz CT molecular complexity index is 771. The van der Waals surface area contributed by atoms with Gasteiger partial charge in [-0.2, -0.15) is 4.68 Å². The van der Waals surface area contributed by atoms with Gasteiger partial charge in [-0.15, -0.1) is 5.10 Å². The molecule has 7 heteroatoms. The molecule has 0 aliphatic carbocycles. The molecule has 1 heterocycles. The van der Waals surface area contributed by atoms with Gasteiger partial charge < -0.3 is 5.73 Å². The third kappa shape index (κ3) is 2.10. The van der Waals surface area contributed by atoms with Crippen molar-refractivity contribution in [3.8, 4) is 17.1 Å². The van der Waals surface area contributed by atoms with Crippen molar-refractivity contribution in [2.45, 2.75) is 0 Å². The standard InChI is InChI=1S/C13H9ClFN5/c14-8-5-6-11(16)9(7-8)13-17-18-19-20(13)12-4-2-1-3-10(12)15/h1-7H,16H2. The zero-order valence-corrected chi connectivity index (χ0v) is 10.9. The Balaban J connectivity index is 2.21. The number of nitrogens with zero attached hydrogens (tertiary/aromatic N) is 4. The van der Waals surface area contributed by atoms with Crippen LogP contribution in [0.25, 0.3) is 17.1 Å². The van der Waals surface area contributed by atoms with Crippen LogP contribution in [0.4, 0.5) is 10.1 Å². The molecule has 3 aromatic rings. The Hall–Kier alpha value is -2.47. The maximum Gasteiger partial charge on any atom is 0.189 e. The van der Waals surface area contributed by atoms with Gasteiger partial charge in [-0.25, -0.2) is 4.39 Å². The van der Waals surface area contributed by atoms with E-state index in [-0.39, 0.29) is 5.69 Å². The van der Waals surface area contributed by atoms with Crippen molar-refractivity contribution in [3.05, 3.63) is 53.3 Å². The van der Waals surface area contributed by atoms with E-state index in [0.29, 0.717) is 22.1 Å². The molecule has 0 amide bonds. The molecule has 100 valence electrons. The Morgan fingerprint density at radius 2 is 1.95 bits per heavy atom. The normalized spacial score (nSPS) is 10.7. The minimum Gasteiger partial charge on any atom is -0.398 e. The van der Waals surface area contributed by atoms with Crippen LogP contribution in [0, 0.1) is 5.82 Å². The summed E-state index contributed by atoms with van der Waals surface area (Å²) in [5.41, 5.74) is 7.15. The van der Waals surface area contributed by atoms with Crippen molar-refractivity contribution in [1.29, 1.82) is 0 Å². The summed E-state index contributed by atoms with van der Waals surface area (Å²) in [6.07, 6.45) is 0. The first-order chi connectivity index (χ1) is 9.66. The van der Waals surface area contributed by atoms with Gasteiger partial charge in [0, 0.05) is 16.3 Å². The number of benzene rings is 2. The fraction of sp³-hybridized carbons (Fsp3) is 0. The maximum atomic E-state index is 13.9. The van der Waals surface area contributed by atoms with Gasteiger partial charge in [0.1, 0.15) is 11.5 Å². The number of tetrazole rings is 1. The third-order valence-electron chi connectivity index (χ3n) is 2.81. The number of halogens is 2. The molecule has 0 bridgehead atoms. The SMILES string of the molecule is Nc1ccc(Cl)cc1-c1nnnn1-c1ccccc1F. The van der Waals surface area contributed by atoms with Gasteiger partial charge in [-0.1, -0.05) is 23.7 Å². The third-order valence-corrected chi connectivity index (χ3v) is 3.04. The molecule has 20 heavy (non-hydrogen) atoms. The Labute approximate surface area is 118 Å². The fourth-order valence-corrected chi connectivity index (χ4v) is 2.04. The summed E-state index contributed by atoms with van der Waals surface area (Å²) in [6.45, 7) is 0. The Morgan fingerprint density at radius 1 is 1.15 bits per heavy atom. The second kappa shape index (κ2) is 4.90. The second-order valence-electron chi connectivity index (χ2n) is 4.10. The molecule has 0 aliphatic rings. The van der Waals surface area contributed by atoms with Crippen LogP contribution in [0.1, 0.15) is 0 Å². The van der Waals surface area contributed by atoms with Crippen molar-refractivity contribution in [1.82, 2.24) is 20.2 Å². The molecular weight excluding hydrogens is 281 g/mol. The van der Waals surface area contributed by atoms with E-state index in [4.69, 9.17) is 17.3 Å². The van der Waals surface area contributed by atoms with Crippen molar-refractivity contribution in [2.24, 2.45) is 0 Å². The minimum absolute atomic E-state index is 0.242. The molecule has 0 radical (unpaired) electrons. The van der Waals surface area contributed by atoms with Crippen molar-refractivity contribution >= 4 is 17.3 Å². The highest BCUT2D eigenvalue weighted by Gasteiger charge is 2.16. The van der Waals surface area contributed by atoms with Gasteiger partial charge in [0.15, 0.2) is 5.82 Å². The predicted molar refractivity (Wildman–Crippen MR) is 74.0 cm³/mol. The molecule has 1 aromatic heterocycles.